The minimum atomic E-state index is -0.385. The van der Waals surface area contributed by atoms with Gasteiger partial charge >= 0.3 is 0 Å². The molecule has 2 rings (SSSR count). The van der Waals surface area contributed by atoms with E-state index in [0.29, 0.717) is 21.9 Å². The molecule has 0 heterocycles. The largest absolute Gasteiger partial charge is 0.496 e. The maximum Gasteiger partial charge on any atom is 0.171 e. The number of rotatable bonds is 4. The number of carbonyl (C=O) groups is 1. The lowest BCUT2D eigenvalue weighted by Gasteiger charge is -2.08. The Morgan fingerprint density at radius 2 is 2.00 bits per heavy atom. The highest BCUT2D eigenvalue weighted by Crippen LogP contribution is 2.24. The fourth-order valence-electron chi connectivity index (χ4n) is 1.81. The molecule has 0 aliphatic carbocycles. The Kier molecular flexibility index (Phi) is 4.17. The number of Topliss-reactive ketones (excluding diaryl/α,β-unsaturated/α-hetero) is 1. The summed E-state index contributed by atoms with van der Waals surface area (Å²) in [6.45, 7) is 0. The summed E-state index contributed by atoms with van der Waals surface area (Å²) in [6, 6.07) is 11.0. The molecule has 0 fully saturated rings. The summed E-state index contributed by atoms with van der Waals surface area (Å²) >= 11 is 5.83. The van der Waals surface area contributed by atoms with Crippen molar-refractivity contribution in [3.8, 4) is 5.75 Å². The van der Waals surface area contributed by atoms with Crippen LogP contribution in [0.15, 0.2) is 42.5 Å². The highest BCUT2D eigenvalue weighted by atomic mass is 35.5. The molecule has 2 aromatic rings. The average Bonchev–Trinajstić information content (AvgIpc) is 2.41. The van der Waals surface area contributed by atoms with Gasteiger partial charge in [-0.2, -0.15) is 0 Å². The zero-order valence-corrected chi connectivity index (χ0v) is 11.1. The van der Waals surface area contributed by atoms with Crippen molar-refractivity contribution in [3.63, 3.8) is 0 Å². The zero-order valence-electron chi connectivity index (χ0n) is 10.3. The monoisotopic (exact) mass is 278 g/mol. The van der Waals surface area contributed by atoms with Crippen molar-refractivity contribution in [1.82, 2.24) is 0 Å². The molecule has 4 heteroatoms. The zero-order chi connectivity index (χ0) is 13.8. The van der Waals surface area contributed by atoms with Crippen molar-refractivity contribution < 1.29 is 13.9 Å². The minimum absolute atomic E-state index is 0.00926. The third-order valence-electron chi connectivity index (χ3n) is 2.77. The van der Waals surface area contributed by atoms with E-state index in [9.17, 15) is 9.18 Å². The predicted molar refractivity (Wildman–Crippen MR) is 72.4 cm³/mol. The average molecular weight is 279 g/mol. The van der Waals surface area contributed by atoms with E-state index in [1.54, 1.807) is 36.4 Å². The Morgan fingerprint density at radius 1 is 1.26 bits per heavy atom. The molecule has 0 saturated heterocycles. The summed E-state index contributed by atoms with van der Waals surface area (Å²) in [5.74, 6) is -0.198. The topological polar surface area (TPSA) is 26.3 Å². The van der Waals surface area contributed by atoms with Gasteiger partial charge in [0, 0.05) is 11.4 Å². The van der Waals surface area contributed by atoms with Crippen LogP contribution in [0.4, 0.5) is 4.39 Å². The van der Waals surface area contributed by atoms with Crippen LogP contribution < -0.4 is 4.74 Å². The van der Waals surface area contributed by atoms with Gasteiger partial charge in [-0.25, -0.2) is 4.39 Å². The number of hydrogen-bond acceptors (Lipinski definition) is 2. The van der Waals surface area contributed by atoms with Crippen molar-refractivity contribution in [2.24, 2.45) is 0 Å². The third kappa shape index (κ3) is 3.12. The Hall–Kier alpha value is -1.87. The number of benzene rings is 2. The van der Waals surface area contributed by atoms with Crippen molar-refractivity contribution >= 4 is 17.4 Å². The lowest BCUT2D eigenvalue weighted by molar-refractivity contribution is 0.0989. The van der Waals surface area contributed by atoms with Gasteiger partial charge in [-0.3, -0.25) is 4.79 Å². The standard InChI is InChI=1S/C15H12ClFO2/c1-19-15-9-11(16)6-7-12(15)14(18)8-10-4-2-3-5-13(10)17/h2-7,9H,8H2,1H3. The molecular formula is C15H12ClFO2. The minimum Gasteiger partial charge on any atom is -0.496 e. The van der Waals surface area contributed by atoms with Gasteiger partial charge in [0.15, 0.2) is 5.78 Å². The van der Waals surface area contributed by atoms with E-state index in [1.165, 1.54) is 13.2 Å². The van der Waals surface area contributed by atoms with Crippen LogP contribution in [0.1, 0.15) is 15.9 Å². The first-order valence-corrected chi connectivity index (χ1v) is 6.09. The maximum atomic E-state index is 13.5. The highest BCUT2D eigenvalue weighted by Gasteiger charge is 2.14. The number of ketones is 1. The fraction of sp³-hybridized carbons (Fsp3) is 0.133. The summed E-state index contributed by atoms with van der Waals surface area (Å²) in [5.41, 5.74) is 0.764. The van der Waals surface area contributed by atoms with E-state index in [-0.39, 0.29) is 18.0 Å². The number of ether oxygens (including phenoxy) is 1. The van der Waals surface area contributed by atoms with Gasteiger partial charge in [0.1, 0.15) is 11.6 Å². The molecule has 0 aliphatic heterocycles. The molecule has 0 unspecified atom stereocenters. The van der Waals surface area contributed by atoms with Gasteiger partial charge in [0.2, 0.25) is 0 Å². The van der Waals surface area contributed by atoms with Crippen molar-refractivity contribution in [2.45, 2.75) is 6.42 Å². The summed E-state index contributed by atoms with van der Waals surface area (Å²) < 4.78 is 18.6. The first-order valence-electron chi connectivity index (χ1n) is 5.72. The molecule has 0 atom stereocenters. The summed E-state index contributed by atoms with van der Waals surface area (Å²) in [6.07, 6.45) is -0.00926. The second-order valence-corrected chi connectivity index (χ2v) is 4.47. The Bertz CT molecular complexity index is 611. The molecule has 0 radical (unpaired) electrons. The SMILES string of the molecule is COc1cc(Cl)ccc1C(=O)Cc1ccccc1F. The summed E-state index contributed by atoms with van der Waals surface area (Å²) in [7, 11) is 1.46. The molecule has 0 bridgehead atoms. The quantitative estimate of drug-likeness (QED) is 0.793. The van der Waals surface area contributed by atoms with Crippen LogP contribution in [0.5, 0.6) is 5.75 Å². The van der Waals surface area contributed by atoms with Crippen LogP contribution in [-0.4, -0.2) is 12.9 Å². The lowest BCUT2D eigenvalue weighted by atomic mass is 10.0. The number of methoxy groups -OCH3 is 1. The number of carbonyl (C=O) groups excluding carboxylic acids is 1. The smallest absolute Gasteiger partial charge is 0.171 e. The second-order valence-electron chi connectivity index (χ2n) is 4.04. The van der Waals surface area contributed by atoms with E-state index < -0.39 is 0 Å². The molecule has 0 amide bonds. The van der Waals surface area contributed by atoms with E-state index >= 15 is 0 Å². The molecule has 0 saturated carbocycles. The molecule has 98 valence electrons. The van der Waals surface area contributed by atoms with Crippen molar-refractivity contribution in [2.75, 3.05) is 7.11 Å². The molecule has 0 spiro atoms. The molecular weight excluding hydrogens is 267 g/mol. The maximum absolute atomic E-state index is 13.5. The van der Waals surface area contributed by atoms with E-state index in [4.69, 9.17) is 16.3 Å². The molecule has 2 nitrogen and oxygen atoms in total. The predicted octanol–water partition coefficient (Wildman–Crippen LogP) is 3.91. The molecule has 0 aromatic heterocycles. The van der Waals surface area contributed by atoms with Crippen LogP contribution in [0, 0.1) is 5.82 Å². The molecule has 2 aromatic carbocycles. The van der Waals surface area contributed by atoms with Crippen LogP contribution in [0.2, 0.25) is 5.02 Å². The van der Waals surface area contributed by atoms with Gasteiger partial charge < -0.3 is 4.74 Å². The fourth-order valence-corrected chi connectivity index (χ4v) is 1.97. The highest BCUT2D eigenvalue weighted by molar-refractivity contribution is 6.30. The van der Waals surface area contributed by atoms with Crippen LogP contribution in [0.25, 0.3) is 0 Å². The van der Waals surface area contributed by atoms with E-state index in [1.807, 2.05) is 0 Å². The number of hydrogen-bond donors (Lipinski definition) is 0. The van der Waals surface area contributed by atoms with Gasteiger partial charge in [-0.1, -0.05) is 29.8 Å². The van der Waals surface area contributed by atoms with E-state index in [0.717, 1.165) is 0 Å². The molecule has 19 heavy (non-hydrogen) atoms. The molecule has 0 aliphatic rings. The Morgan fingerprint density at radius 3 is 2.68 bits per heavy atom. The van der Waals surface area contributed by atoms with Gasteiger partial charge in [0.25, 0.3) is 0 Å². The van der Waals surface area contributed by atoms with Crippen molar-refractivity contribution in [1.29, 1.82) is 0 Å². The third-order valence-corrected chi connectivity index (χ3v) is 3.01. The van der Waals surface area contributed by atoms with Crippen LogP contribution >= 0.6 is 11.6 Å². The van der Waals surface area contributed by atoms with Gasteiger partial charge in [0.05, 0.1) is 12.7 Å². The van der Waals surface area contributed by atoms with Gasteiger partial charge in [-0.15, -0.1) is 0 Å². The van der Waals surface area contributed by atoms with Crippen molar-refractivity contribution in [3.05, 3.63) is 64.4 Å². The van der Waals surface area contributed by atoms with E-state index in [2.05, 4.69) is 0 Å². The van der Waals surface area contributed by atoms with Gasteiger partial charge in [-0.05, 0) is 29.8 Å². The lowest BCUT2D eigenvalue weighted by Crippen LogP contribution is -2.07. The van der Waals surface area contributed by atoms with Crippen LogP contribution in [0.3, 0.4) is 0 Å². The van der Waals surface area contributed by atoms with Crippen LogP contribution in [-0.2, 0) is 6.42 Å². The summed E-state index contributed by atoms with van der Waals surface area (Å²) in [5, 5.41) is 0.485. The molecule has 0 N–H and O–H groups in total. The number of halogens is 2. The normalized spacial score (nSPS) is 10.3. The Labute approximate surface area is 115 Å². The Balaban J connectivity index is 2.28. The first-order chi connectivity index (χ1) is 9.11. The first kappa shape index (κ1) is 13.6. The second kappa shape index (κ2) is 5.85. The summed E-state index contributed by atoms with van der Waals surface area (Å²) in [4.78, 5) is 12.2.